The van der Waals surface area contributed by atoms with E-state index in [1.165, 1.54) is 0 Å². The van der Waals surface area contributed by atoms with E-state index in [1.807, 2.05) is 0 Å². The average Bonchev–Trinajstić information content (AvgIpc) is 2.23. The first-order valence-corrected chi connectivity index (χ1v) is 5.46. The summed E-state index contributed by atoms with van der Waals surface area (Å²) in [6, 6.07) is 0.352. The maximum atomic E-state index is 5.35. The maximum absolute atomic E-state index is 5.35. The normalized spacial score (nSPS) is 21.9. The van der Waals surface area contributed by atoms with Gasteiger partial charge in [-0.3, -0.25) is 0 Å². The highest BCUT2D eigenvalue weighted by molar-refractivity contribution is 9.10. The Bertz CT molecular complexity index is 285. The molecule has 4 nitrogen and oxygen atoms in total. The Morgan fingerprint density at radius 2 is 2.21 bits per heavy atom. The van der Waals surface area contributed by atoms with Gasteiger partial charge in [-0.25, -0.2) is 9.97 Å². The van der Waals surface area contributed by atoms with E-state index in [1.54, 1.807) is 12.4 Å². The van der Waals surface area contributed by atoms with Crippen LogP contribution in [-0.4, -0.2) is 29.2 Å². The Hall–Kier alpha value is -0.680. The molecule has 76 valence electrons. The second kappa shape index (κ2) is 4.70. The van der Waals surface area contributed by atoms with E-state index in [0.717, 1.165) is 30.5 Å². The maximum Gasteiger partial charge on any atom is 0.222 e. The van der Waals surface area contributed by atoms with Gasteiger partial charge in [-0.1, -0.05) is 0 Å². The molecule has 0 unspecified atom stereocenters. The van der Waals surface area contributed by atoms with Crippen molar-refractivity contribution < 1.29 is 4.74 Å². The average molecular weight is 258 g/mol. The van der Waals surface area contributed by atoms with Crippen LogP contribution in [0.5, 0.6) is 0 Å². The molecule has 0 aliphatic carbocycles. The third-order valence-corrected chi connectivity index (χ3v) is 2.52. The van der Waals surface area contributed by atoms with Gasteiger partial charge in [-0.15, -0.1) is 0 Å². The van der Waals surface area contributed by atoms with Crippen LogP contribution in [0, 0.1) is 0 Å². The lowest BCUT2D eigenvalue weighted by Gasteiger charge is -2.22. The Morgan fingerprint density at radius 3 is 2.86 bits per heavy atom. The van der Waals surface area contributed by atoms with Crippen LogP contribution in [0.3, 0.4) is 0 Å². The lowest BCUT2D eigenvalue weighted by molar-refractivity contribution is 0.0874. The fourth-order valence-electron chi connectivity index (χ4n) is 1.42. The van der Waals surface area contributed by atoms with Crippen LogP contribution < -0.4 is 5.32 Å². The van der Waals surface area contributed by atoms with Crippen LogP contribution in [-0.2, 0) is 4.74 Å². The van der Waals surface area contributed by atoms with Crippen LogP contribution in [0.4, 0.5) is 5.95 Å². The van der Waals surface area contributed by atoms with E-state index in [0.29, 0.717) is 12.0 Å². The van der Waals surface area contributed by atoms with E-state index in [-0.39, 0.29) is 0 Å². The summed E-state index contributed by atoms with van der Waals surface area (Å²) in [5.41, 5.74) is 0. The van der Waals surface area contributed by atoms with Crippen molar-refractivity contribution >= 4 is 21.9 Å². The zero-order valence-electron chi connectivity index (χ0n) is 7.74. The fourth-order valence-corrected chi connectivity index (χ4v) is 1.63. The van der Waals surface area contributed by atoms with Gasteiger partial charge in [-0.05, 0) is 28.8 Å². The molecule has 0 amide bonds. The first kappa shape index (κ1) is 9.86. The molecule has 0 bridgehead atoms. The summed E-state index contributed by atoms with van der Waals surface area (Å²) < 4.78 is 6.24. The summed E-state index contributed by atoms with van der Waals surface area (Å²) in [6.45, 7) is 1.62. The van der Waals surface area contributed by atoms with Crippen molar-refractivity contribution in [2.45, 2.75) is 18.9 Å². The number of halogens is 1. The number of nitrogens with zero attached hydrogens (tertiary/aromatic N) is 2. The second-order valence-electron chi connectivity index (χ2n) is 3.28. The zero-order valence-corrected chi connectivity index (χ0v) is 9.33. The number of hydrogen-bond donors (Lipinski definition) is 1. The molecular weight excluding hydrogens is 246 g/mol. The van der Waals surface area contributed by atoms with Crippen molar-refractivity contribution in [3.8, 4) is 0 Å². The summed E-state index contributed by atoms with van der Waals surface area (Å²) >= 11 is 3.29. The number of nitrogens with one attached hydrogen (secondary N) is 1. The van der Waals surface area contributed by atoms with E-state index in [4.69, 9.17) is 4.74 Å². The van der Waals surface area contributed by atoms with Gasteiger partial charge < -0.3 is 10.1 Å². The van der Waals surface area contributed by atoms with E-state index < -0.39 is 0 Å². The van der Waals surface area contributed by atoms with Crippen LogP contribution in [0.25, 0.3) is 0 Å². The predicted octanol–water partition coefficient (Wildman–Crippen LogP) is 1.83. The molecule has 1 aliphatic heterocycles. The van der Waals surface area contributed by atoms with Crippen molar-refractivity contribution in [1.82, 2.24) is 9.97 Å². The minimum Gasteiger partial charge on any atom is -0.379 e. The van der Waals surface area contributed by atoms with Crippen LogP contribution in [0.2, 0.25) is 0 Å². The van der Waals surface area contributed by atoms with Gasteiger partial charge >= 0.3 is 0 Å². The first-order chi connectivity index (χ1) is 6.84. The molecule has 0 spiro atoms. The van der Waals surface area contributed by atoms with Gasteiger partial charge in [0.05, 0.1) is 17.1 Å². The standard InChI is InChI=1S/C9H12BrN3O/c10-7-4-11-9(12-5-7)13-8-2-1-3-14-6-8/h4-5,8H,1-3,6H2,(H,11,12,13)/t8-/m1/s1. The van der Waals surface area contributed by atoms with E-state index >= 15 is 0 Å². The smallest absolute Gasteiger partial charge is 0.222 e. The van der Waals surface area contributed by atoms with Crippen LogP contribution in [0.15, 0.2) is 16.9 Å². The molecule has 14 heavy (non-hydrogen) atoms. The third kappa shape index (κ3) is 2.65. The Labute approximate surface area is 91.2 Å². The van der Waals surface area contributed by atoms with Crippen molar-refractivity contribution in [3.63, 3.8) is 0 Å². The number of anilines is 1. The number of hydrogen-bond acceptors (Lipinski definition) is 4. The Balaban J connectivity index is 1.92. The Morgan fingerprint density at radius 1 is 1.43 bits per heavy atom. The fraction of sp³-hybridized carbons (Fsp3) is 0.556. The van der Waals surface area contributed by atoms with E-state index in [9.17, 15) is 0 Å². The van der Waals surface area contributed by atoms with Crippen molar-refractivity contribution in [2.75, 3.05) is 18.5 Å². The van der Waals surface area contributed by atoms with Gasteiger partial charge in [0, 0.05) is 19.0 Å². The summed E-state index contributed by atoms with van der Waals surface area (Å²) in [7, 11) is 0. The molecule has 1 aromatic heterocycles. The zero-order chi connectivity index (χ0) is 9.80. The lowest BCUT2D eigenvalue weighted by atomic mass is 10.1. The topological polar surface area (TPSA) is 47.0 Å². The van der Waals surface area contributed by atoms with Gasteiger partial charge in [0.2, 0.25) is 5.95 Å². The van der Waals surface area contributed by atoms with E-state index in [2.05, 4.69) is 31.2 Å². The second-order valence-corrected chi connectivity index (χ2v) is 4.20. The van der Waals surface area contributed by atoms with Gasteiger partial charge in [0.15, 0.2) is 0 Å². The molecule has 2 heterocycles. The van der Waals surface area contributed by atoms with Gasteiger partial charge in [0.25, 0.3) is 0 Å². The van der Waals surface area contributed by atoms with Crippen molar-refractivity contribution in [2.24, 2.45) is 0 Å². The number of aromatic nitrogens is 2. The quantitative estimate of drug-likeness (QED) is 0.879. The first-order valence-electron chi connectivity index (χ1n) is 4.66. The Kier molecular flexibility index (Phi) is 3.31. The molecule has 1 aromatic rings. The largest absolute Gasteiger partial charge is 0.379 e. The summed E-state index contributed by atoms with van der Waals surface area (Å²) in [6.07, 6.45) is 5.70. The lowest BCUT2D eigenvalue weighted by Crippen LogP contribution is -2.30. The molecule has 1 N–H and O–H groups in total. The molecule has 2 rings (SSSR count). The monoisotopic (exact) mass is 257 g/mol. The molecule has 0 radical (unpaired) electrons. The molecule has 1 aliphatic rings. The highest BCUT2D eigenvalue weighted by atomic mass is 79.9. The molecule has 0 aromatic carbocycles. The molecule has 1 fully saturated rings. The highest BCUT2D eigenvalue weighted by Crippen LogP contribution is 2.12. The van der Waals surface area contributed by atoms with Crippen molar-refractivity contribution in [3.05, 3.63) is 16.9 Å². The summed E-state index contributed by atoms with van der Waals surface area (Å²) in [5.74, 6) is 0.670. The molecular formula is C9H12BrN3O. The summed E-state index contributed by atoms with van der Waals surface area (Å²) in [5, 5.41) is 3.24. The molecule has 1 atom stereocenters. The third-order valence-electron chi connectivity index (χ3n) is 2.11. The van der Waals surface area contributed by atoms with Gasteiger partial charge in [0.1, 0.15) is 0 Å². The van der Waals surface area contributed by atoms with Crippen LogP contribution >= 0.6 is 15.9 Å². The minimum absolute atomic E-state index is 0.352. The SMILES string of the molecule is Brc1cnc(N[C@@H]2CCCOC2)nc1. The molecule has 0 saturated carbocycles. The van der Waals surface area contributed by atoms with Crippen LogP contribution in [0.1, 0.15) is 12.8 Å². The highest BCUT2D eigenvalue weighted by Gasteiger charge is 2.13. The predicted molar refractivity (Wildman–Crippen MR) is 57.2 cm³/mol. The number of ether oxygens (including phenoxy) is 1. The molecule has 5 heteroatoms. The van der Waals surface area contributed by atoms with Crippen molar-refractivity contribution in [1.29, 1.82) is 0 Å². The molecule has 1 saturated heterocycles. The van der Waals surface area contributed by atoms with Gasteiger partial charge in [-0.2, -0.15) is 0 Å². The number of rotatable bonds is 2. The summed E-state index contributed by atoms with van der Waals surface area (Å²) in [4.78, 5) is 8.30. The minimum atomic E-state index is 0.352.